The molecule has 0 saturated heterocycles. The first-order valence-corrected chi connectivity index (χ1v) is 7.16. The molecule has 1 aliphatic heterocycles. The van der Waals surface area contributed by atoms with Crippen LogP contribution in [0.25, 0.3) is 0 Å². The van der Waals surface area contributed by atoms with Crippen LogP contribution in [0.3, 0.4) is 0 Å². The zero-order chi connectivity index (χ0) is 11.9. The van der Waals surface area contributed by atoms with Crippen molar-refractivity contribution in [2.45, 2.75) is 44.6 Å². The van der Waals surface area contributed by atoms with Gasteiger partial charge in [-0.1, -0.05) is 26.0 Å². The van der Waals surface area contributed by atoms with Gasteiger partial charge in [-0.25, -0.2) is 13.1 Å². The van der Waals surface area contributed by atoms with Crippen LogP contribution in [0.15, 0.2) is 17.0 Å². The fraction of sp³-hybridized carbons (Fsp3) is 0.500. The zero-order valence-corrected chi connectivity index (χ0v) is 10.7. The Morgan fingerprint density at radius 3 is 2.50 bits per heavy atom. The molecule has 0 spiro atoms. The topological polar surface area (TPSA) is 46.2 Å². The molecule has 88 valence electrons. The Labute approximate surface area is 96.9 Å². The predicted molar refractivity (Wildman–Crippen MR) is 63.9 cm³/mol. The number of aryl methyl sites for hydroxylation is 2. The largest absolute Gasteiger partial charge is 0.241 e. The number of benzene rings is 1. The zero-order valence-electron chi connectivity index (χ0n) is 9.87. The molecule has 1 atom stereocenters. The van der Waals surface area contributed by atoms with Crippen molar-refractivity contribution in [1.29, 1.82) is 0 Å². The number of fused-ring (bicyclic) bond motifs is 1. The van der Waals surface area contributed by atoms with Gasteiger partial charge in [-0.3, -0.25) is 0 Å². The van der Waals surface area contributed by atoms with Crippen LogP contribution in [0.5, 0.6) is 0 Å². The fourth-order valence-electron chi connectivity index (χ4n) is 2.25. The number of nitrogens with one attached hydrogen (secondary N) is 1. The third-order valence-corrected chi connectivity index (χ3v) is 4.81. The lowest BCUT2D eigenvalue weighted by Gasteiger charge is -2.08. The van der Waals surface area contributed by atoms with Gasteiger partial charge in [-0.15, -0.1) is 0 Å². The average Bonchev–Trinajstić information content (AvgIpc) is 2.48. The van der Waals surface area contributed by atoms with Crippen molar-refractivity contribution < 1.29 is 8.42 Å². The van der Waals surface area contributed by atoms with Crippen molar-refractivity contribution in [2.75, 3.05) is 0 Å². The van der Waals surface area contributed by atoms with Gasteiger partial charge in [-0.2, -0.15) is 0 Å². The van der Waals surface area contributed by atoms with Crippen molar-refractivity contribution in [3.63, 3.8) is 0 Å². The van der Waals surface area contributed by atoms with Gasteiger partial charge in [0.1, 0.15) is 0 Å². The Kier molecular flexibility index (Phi) is 2.80. The summed E-state index contributed by atoms with van der Waals surface area (Å²) in [7, 11) is -3.27. The van der Waals surface area contributed by atoms with E-state index in [1.165, 1.54) is 5.56 Å². The lowest BCUT2D eigenvalue weighted by Crippen LogP contribution is -2.17. The van der Waals surface area contributed by atoms with Crippen LogP contribution in [0.4, 0.5) is 0 Å². The first kappa shape index (κ1) is 11.6. The highest BCUT2D eigenvalue weighted by atomic mass is 32.2. The molecule has 1 aromatic rings. The van der Waals surface area contributed by atoms with E-state index in [1.54, 1.807) is 0 Å². The summed E-state index contributed by atoms with van der Waals surface area (Å²) < 4.78 is 26.5. The Bertz CT molecular complexity index is 520. The van der Waals surface area contributed by atoms with Gasteiger partial charge in [0.15, 0.2) is 0 Å². The summed E-state index contributed by atoms with van der Waals surface area (Å²) in [4.78, 5) is 0.514. The van der Waals surface area contributed by atoms with E-state index in [0.29, 0.717) is 4.90 Å². The van der Waals surface area contributed by atoms with Crippen LogP contribution in [0, 0.1) is 0 Å². The molecule has 0 aliphatic carbocycles. The van der Waals surface area contributed by atoms with E-state index in [1.807, 2.05) is 26.0 Å². The lowest BCUT2D eigenvalue weighted by atomic mass is 9.99. The minimum atomic E-state index is -3.27. The van der Waals surface area contributed by atoms with Gasteiger partial charge in [-0.05, 0) is 36.5 Å². The molecule has 0 saturated carbocycles. The van der Waals surface area contributed by atoms with Gasteiger partial charge < -0.3 is 0 Å². The van der Waals surface area contributed by atoms with Crippen LogP contribution in [0.1, 0.15) is 43.5 Å². The maximum absolute atomic E-state index is 11.9. The Hall–Kier alpha value is -0.870. The van der Waals surface area contributed by atoms with Gasteiger partial charge >= 0.3 is 0 Å². The van der Waals surface area contributed by atoms with Gasteiger partial charge in [0, 0.05) is 6.04 Å². The lowest BCUT2D eigenvalue weighted by molar-refractivity contribution is 0.581. The second kappa shape index (κ2) is 3.86. The molecular formula is C12H17NO2S. The number of sulfonamides is 1. The van der Waals surface area contributed by atoms with Gasteiger partial charge in [0.05, 0.1) is 4.90 Å². The van der Waals surface area contributed by atoms with Crippen LogP contribution in [-0.4, -0.2) is 8.42 Å². The Morgan fingerprint density at radius 1 is 1.25 bits per heavy atom. The first-order valence-electron chi connectivity index (χ1n) is 5.67. The summed E-state index contributed by atoms with van der Waals surface area (Å²) in [5.74, 6) is 0. The van der Waals surface area contributed by atoms with Crippen LogP contribution < -0.4 is 4.72 Å². The number of rotatable bonds is 2. The molecule has 1 aromatic carbocycles. The monoisotopic (exact) mass is 239 g/mol. The third-order valence-electron chi connectivity index (χ3n) is 3.11. The molecule has 1 heterocycles. The second-order valence-electron chi connectivity index (χ2n) is 4.22. The summed E-state index contributed by atoms with van der Waals surface area (Å²) in [6, 6.07) is 3.92. The smallest absolute Gasteiger partial charge is 0.207 e. The van der Waals surface area contributed by atoms with Crippen molar-refractivity contribution in [3.8, 4) is 0 Å². The van der Waals surface area contributed by atoms with E-state index in [0.717, 1.165) is 24.0 Å². The molecule has 0 amide bonds. The predicted octanol–water partition coefficient (Wildman–Crippen LogP) is 2.16. The molecule has 4 heteroatoms. The minimum Gasteiger partial charge on any atom is -0.207 e. The van der Waals surface area contributed by atoms with Crippen LogP contribution >= 0.6 is 0 Å². The number of hydrogen-bond acceptors (Lipinski definition) is 2. The van der Waals surface area contributed by atoms with Gasteiger partial charge in [0.2, 0.25) is 10.0 Å². The van der Waals surface area contributed by atoms with E-state index in [-0.39, 0.29) is 6.04 Å². The average molecular weight is 239 g/mol. The molecule has 16 heavy (non-hydrogen) atoms. The summed E-state index contributed by atoms with van der Waals surface area (Å²) in [5, 5.41) is 0. The number of hydrogen-bond donors (Lipinski definition) is 1. The van der Waals surface area contributed by atoms with E-state index in [9.17, 15) is 8.42 Å². The third kappa shape index (κ3) is 1.66. The molecule has 0 radical (unpaired) electrons. The summed E-state index contributed by atoms with van der Waals surface area (Å²) >= 11 is 0. The maximum Gasteiger partial charge on any atom is 0.241 e. The fourth-order valence-corrected chi connectivity index (χ4v) is 4.06. The van der Waals surface area contributed by atoms with Crippen LogP contribution in [-0.2, 0) is 22.9 Å². The van der Waals surface area contributed by atoms with Crippen LogP contribution in [0.2, 0.25) is 0 Å². The molecule has 0 aromatic heterocycles. The highest BCUT2D eigenvalue weighted by Gasteiger charge is 2.33. The maximum atomic E-state index is 11.9. The highest BCUT2D eigenvalue weighted by molar-refractivity contribution is 7.89. The molecule has 1 aliphatic rings. The van der Waals surface area contributed by atoms with Crippen molar-refractivity contribution in [3.05, 3.63) is 28.8 Å². The summed E-state index contributed by atoms with van der Waals surface area (Å²) in [6.45, 7) is 5.97. The molecule has 1 N–H and O–H groups in total. The molecule has 3 nitrogen and oxygen atoms in total. The normalized spacial score (nSPS) is 22.1. The molecule has 2 rings (SSSR count). The van der Waals surface area contributed by atoms with Crippen molar-refractivity contribution >= 4 is 10.0 Å². The van der Waals surface area contributed by atoms with E-state index in [4.69, 9.17) is 0 Å². The highest BCUT2D eigenvalue weighted by Crippen LogP contribution is 2.34. The molecule has 1 unspecified atom stereocenters. The quantitative estimate of drug-likeness (QED) is 0.859. The van der Waals surface area contributed by atoms with E-state index in [2.05, 4.69) is 11.6 Å². The molecule has 0 fully saturated rings. The second-order valence-corrected chi connectivity index (χ2v) is 5.87. The Balaban J connectivity index is 2.74. The van der Waals surface area contributed by atoms with Gasteiger partial charge in [0.25, 0.3) is 0 Å². The molecular weight excluding hydrogens is 222 g/mol. The summed E-state index contributed by atoms with van der Waals surface area (Å²) in [6.07, 6.45) is 1.69. The minimum absolute atomic E-state index is 0.100. The Morgan fingerprint density at radius 2 is 1.94 bits per heavy atom. The molecule has 0 bridgehead atoms. The first-order chi connectivity index (χ1) is 7.49. The standard InChI is InChI=1S/C12H17NO2S/c1-4-9-6-10(5-2)12-11(7-9)8(3)13-16(12,14)15/h6-8,13H,4-5H2,1-3H3. The van der Waals surface area contributed by atoms with Crippen molar-refractivity contribution in [2.24, 2.45) is 0 Å². The summed E-state index contributed by atoms with van der Waals surface area (Å²) in [5.41, 5.74) is 3.07. The van der Waals surface area contributed by atoms with E-state index < -0.39 is 10.0 Å². The van der Waals surface area contributed by atoms with E-state index >= 15 is 0 Å². The van der Waals surface area contributed by atoms with Crippen molar-refractivity contribution in [1.82, 2.24) is 4.72 Å². The SMILES string of the molecule is CCc1cc(CC)c2c(c1)C(C)NS2(=O)=O.